The first-order valence-corrected chi connectivity index (χ1v) is 17.3. The minimum absolute atomic E-state index is 0.0221. The third kappa shape index (κ3) is 6.83. The molecule has 4 aliphatic rings. The first-order chi connectivity index (χ1) is 22.0. The molecular weight excluding hydrogens is 574 g/mol. The second-order valence-corrected chi connectivity index (χ2v) is 15.1. The van der Waals surface area contributed by atoms with Gasteiger partial charge in [-0.1, -0.05) is 82.2 Å². The Labute approximate surface area is 274 Å². The maximum atomic E-state index is 14.5. The summed E-state index contributed by atoms with van der Waals surface area (Å²) in [5.74, 6) is 1.95. The van der Waals surface area contributed by atoms with Gasteiger partial charge in [-0.25, -0.2) is 9.18 Å². The van der Waals surface area contributed by atoms with E-state index < -0.39 is 6.04 Å². The molecular formula is C38H50BFN4O2. The van der Waals surface area contributed by atoms with Crippen molar-refractivity contribution in [3.05, 3.63) is 83.7 Å². The highest BCUT2D eigenvalue weighted by Gasteiger charge is 2.54. The summed E-state index contributed by atoms with van der Waals surface area (Å²) in [5.41, 5.74) is 2.20. The van der Waals surface area contributed by atoms with Gasteiger partial charge >= 0.3 is 6.03 Å². The minimum Gasteiger partial charge on any atom is -0.352 e. The zero-order chi connectivity index (χ0) is 32.6. The van der Waals surface area contributed by atoms with Crippen LogP contribution in [0.25, 0.3) is 10.8 Å². The molecule has 1 aliphatic heterocycles. The highest BCUT2D eigenvalue weighted by Crippen LogP contribution is 2.58. The van der Waals surface area contributed by atoms with Gasteiger partial charge in [-0.3, -0.25) is 4.79 Å². The van der Waals surface area contributed by atoms with E-state index >= 15 is 0 Å². The van der Waals surface area contributed by atoms with Crippen molar-refractivity contribution in [1.82, 2.24) is 20.3 Å². The molecule has 3 aromatic rings. The number of hydrogen-bond donors (Lipinski definition) is 2. The number of benzene rings is 3. The second kappa shape index (κ2) is 13.4. The molecule has 3 aromatic carbocycles. The summed E-state index contributed by atoms with van der Waals surface area (Å²) < 4.78 is 13.5. The molecule has 0 unspecified atom stereocenters. The number of carbonyl (C=O) groups excluding carboxylic acids is 2. The van der Waals surface area contributed by atoms with Crippen molar-refractivity contribution in [3.8, 4) is 0 Å². The first kappa shape index (κ1) is 32.6. The highest BCUT2D eigenvalue weighted by molar-refractivity contribution is 6.56. The Morgan fingerprint density at radius 3 is 2.48 bits per heavy atom. The largest absolute Gasteiger partial charge is 0.352 e. The number of carbonyl (C=O) groups is 2. The fourth-order valence-electron chi connectivity index (χ4n) is 8.73. The van der Waals surface area contributed by atoms with Crippen LogP contribution in [-0.4, -0.2) is 60.2 Å². The molecule has 2 bridgehead atoms. The lowest BCUT2D eigenvalue weighted by atomic mass is 9.50. The molecule has 46 heavy (non-hydrogen) atoms. The first-order valence-electron chi connectivity index (χ1n) is 17.3. The number of fused-ring (bicyclic) bond motifs is 4. The number of nitrogens with one attached hydrogen (secondary N) is 2. The molecule has 3 aliphatic carbocycles. The van der Waals surface area contributed by atoms with Crippen LogP contribution >= 0.6 is 0 Å². The van der Waals surface area contributed by atoms with Crippen LogP contribution in [-0.2, 0) is 17.8 Å². The lowest BCUT2D eigenvalue weighted by molar-refractivity contribution is -0.133. The molecule has 244 valence electrons. The summed E-state index contributed by atoms with van der Waals surface area (Å²) in [6.07, 6.45) is 6.14. The smallest absolute Gasteiger partial charge is 0.318 e. The van der Waals surface area contributed by atoms with E-state index in [1.165, 1.54) is 31.4 Å². The lowest BCUT2D eigenvalue weighted by Gasteiger charge is -2.54. The fourth-order valence-corrected chi connectivity index (χ4v) is 8.73. The summed E-state index contributed by atoms with van der Waals surface area (Å²) in [4.78, 5) is 31.6. The van der Waals surface area contributed by atoms with Crippen molar-refractivity contribution < 1.29 is 14.0 Å². The van der Waals surface area contributed by atoms with Gasteiger partial charge < -0.3 is 20.3 Å². The van der Waals surface area contributed by atoms with Gasteiger partial charge in [0.15, 0.2) is 0 Å². The number of nitrogens with zero attached hydrogens (tertiary/aromatic N) is 2. The molecule has 4 fully saturated rings. The summed E-state index contributed by atoms with van der Waals surface area (Å²) in [6.45, 7) is 10.7. The Morgan fingerprint density at radius 1 is 1.02 bits per heavy atom. The van der Waals surface area contributed by atoms with Gasteiger partial charge in [-0.15, -0.1) is 0 Å². The van der Waals surface area contributed by atoms with Gasteiger partial charge in [-0.2, -0.15) is 0 Å². The van der Waals surface area contributed by atoms with Crippen LogP contribution in [0, 0.1) is 29.0 Å². The van der Waals surface area contributed by atoms with Crippen LogP contribution in [0.3, 0.4) is 0 Å². The number of urea groups is 1. The number of amides is 3. The van der Waals surface area contributed by atoms with Gasteiger partial charge in [0.25, 0.3) is 0 Å². The molecule has 0 spiro atoms. The third-order valence-corrected chi connectivity index (χ3v) is 11.5. The zero-order valence-corrected chi connectivity index (χ0v) is 28.1. The molecule has 0 radical (unpaired) electrons. The van der Waals surface area contributed by atoms with E-state index in [0.717, 1.165) is 40.7 Å². The Bertz CT molecular complexity index is 1550. The molecule has 1 saturated heterocycles. The fraction of sp³-hybridized carbons (Fsp3) is 0.526. The molecule has 8 heteroatoms. The lowest BCUT2D eigenvalue weighted by Crippen LogP contribution is -2.61. The summed E-state index contributed by atoms with van der Waals surface area (Å²) in [7, 11) is 1.71. The van der Waals surface area contributed by atoms with E-state index in [1.807, 2.05) is 17.0 Å². The Kier molecular flexibility index (Phi) is 9.47. The predicted molar refractivity (Wildman–Crippen MR) is 185 cm³/mol. The normalized spacial score (nSPS) is 25.8. The summed E-state index contributed by atoms with van der Waals surface area (Å²) >= 11 is 0. The van der Waals surface area contributed by atoms with Crippen molar-refractivity contribution in [1.29, 1.82) is 0 Å². The molecule has 0 aromatic heterocycles. The van der Waals surface area contributed by atoms with E-state index in [-0.39, 0.29) is 30.5 Å². The summed E-state index contributed by atoms with van der Waals surface area (Å²) in [5, 5.41) is 9.40. The molecule has 6 nitrogen and oxygen atoms in total. The van der Waals surface area contributed by atoms with Crippen molar-refractivity contribution in [2.24, 2.45) is 23.2 Å². The van der Waals surface area contributed by atoms with E-state index in [4.69, 9.17) is 0 Å². The van der Waals surface area contributed by atoms with Crippen LogP contribution < -0.4 is 10.5 Å². The van der Waals surface area contributed by atoms with Crippen LogP contribution in [0.5, 0.6) is 0 Å². The number of hydrogen-bond acceptors (Lipinski definition) is 3. The van der Waals surface area contributed by atoms with Gasteiger partial charge in [0, 0.05) is 38.5 Å². The van der Waals surface area contributed by atoms with Gasteiger partial charge in [0.05, 0.1) is 0 Å². The zero-order valence-electron chi connectivity index (χ0n) is 28.1. The van der Waals surface area contributed by atoms with Gasteiger partial charge in [0.2, 0.25) is 12.8 Å². The maximum Gasteiger partial charge on any atom is 0.318 e. The number of halogens is 1. The molecule has 3 amide bonds. The molecule has 2 N–H and O–H groups in total. The Hall–Kier alpha value is -3.39. The van der Waals surface area contributed by atoms with Gasteiger partial charge in [-0.05, 0) is 89.3 Å². The standard InChI is InChI=1S/C38H50BFN4O2/c1-25-19-30-23-32(38(30,2)3)33(20-25)42-39(4)35-11-8-18-44(35)36(45)34(22-27-12-15-28-9-6-7-10-29(28)21-27)41-37(46)43(5)24-26-13-16-31(40)17-14-26/h6-7,9-10,12-17,21,25,30,32-35,42H,8,11,18-20,22-24H2,1-5H3,(H,41,46)/t25-,30-,32-,33+,34+,35+/m1/s1. The second-order valence-electron chi connectivity index (χ2n) is 15.1. The minimum atomic E-state index is -0.707. The molecule has 1 heterocycles. The number of likely N-dealkylation sites (tertiary alicyclic amines) is 1. The molecule has 7 rings (SSSR count). The van der Waals surface area contributed by atoms with E-state index in [9.17, 15) is 14.0 Å². The van der Waals surface area contributed by atoms with Crippen LogP contribution in [0.1, 0.15) is 64.0 Å². The van der Waals surface area contributed by atoms with Crippen molar-refractivity contribution >= 4 is 29.6 Å². The monoisotopic (exact) mass is 624 g/mol. The van der Waals surface area contributed by atoms with Crippen molar-refractivity contribution in [3.63, 3.8) is 0 Å². The number of rotatable bonds is 9. The SMILES string of the molecule is CB(N[C@H]1C[C@H](C)C[C@@H]2C[C@H]1C2(C)C)[C@@H]1CCCN1C(=O)[C@H](Cc1ccc2ccccc2c1)NC(=O)N(C)Cc1ccc(F)cc1. The van der Waals surface area contributed by atoms with E-state index in [1.54, 1.807) is 24.1 Å². The quantitative estimate of drug-likeness (QED) is 0.254. The average Bonchev–Trinajstić information content (AvgIpc) is 3.43. The van der Waals surface area contributed by atoms with Gasteiger partial charge in [0.1, 0.15) is 11.9 Å². The average molecular weight is 625 g/mol. The van der Waals surface area contributed by atoms with Crippen LogP contribution in [0.2, 0.25) is 6.82 Å². The van der Waals surface area contributed by atoms with E-state index in [2.05, 4.69) is 68.5 Å². The Balaban J connectivity index is 1.19. The maximum absolute atomic E-state index is 14.5. The van der Waals surface area contributed by atoms with E-state index in [0.29, 0.717) is 42.8 Å². The van der Waals surface area contributed by atoms with Crippen LogP contribution in [0.15, 0.2) is 66.7 Å². The van der Waals surface area contributed by atoms with Crippen LogP contribution in [0.4, 0.5) is 9.18 Å². The van der Waals surface area contributed by atoms with Crippen molar-refractivity contribution in [2.75, 3.05) is 13.6 Å². The Morgan fingerprint density at radius 2 is 1.74 bits per heavy atom. The molecule has 3 saturated carbocycles. The predicted octanol–water partition coefficient (Wildman–Crippen LogP) is 6.93. The third-order valence-electron chi connectivity index (χ3n) is 11.5. The molecule has 6 atom stereocenters. The summed E-state index contributed by atoms with van der Waals surface area (Å²) in [6, 6.07) is 20.1. The van der Waals surface area contributed by atoms with Crippen molar-refractivity contribution in [2.45, 2.75) is 90.7 Å². The highest BCUT2D eigenvalue weighted by atomic mass is 19.1. The topological polar surface area (TPSA) is 64.7 Å².